The predicted molar refractivity (Wildman–Crippen MR) is 79.7 cm³/mol. The number of pyridine rings is 1. The maximum atomic E-state index is 12.3. The molecule has 0 fully saturated rings. The molecule has 0 saturated carbocycles. The number of fused-ring (bicyclic) bond motifs is 1. The van der Waals surface area contributed by atoms with Crippen LogP contribution in [0.2, 0.25) is 0 Å². The molecule has 0 aliphatic rings. The van der Waals surface area contributed by atoms with E-state index >= 15 is 0 Å². The van der Waals surface area contributed by atoms with Crippen LogP contribution in [0.25, 0.3) is 10.2 Å². The number of aryl methyl sites for hydroxylation is 1. The first-order valence-electron chi connectivity index (χ1n) is 5.68. The van der Waals surface area contributed by atoms with Crippen molar-refractivity contribution in [1.82, 2.24) is 14.5 Å². The third-order valence-electron chi connectivity index (χ3n) is 2.84. The summed E-state index contributed by atoms with van der Waals surface area (Å²) in [4.78, 5) is 20.8. The Morgan fingerprint density at radius 2 is 2.26 bits per heavy atom. The number of nitrogens with zero attached hydrogens (tertiary/aromatic N) is 3. The Morgan fingerprint density at radius 3 is 3.05 bits per heavy atom. The predicted octanol–water partition coefficient (Wildman–Crippen LogP) is 2.97. The van der Waals surface area contributed by atoms with Gasteiger partial charge in [0.2, 0.25) is 0 Å². The quantitative estimate of drug-likeness (QED) is 0.723. The molecule has 0 bridgehead atoms. The van der Waals surface area contributed by atoms with E-state index in [-0.39, 0.29) is 5.56 Å². The van der Waals surface area contributed by atoms with Gasteiger partial charge in [0.25, 0.3) is 5.56 Å². The summed E-state index contributed by atoms with van der Waals surface area (Å²) >= 11 is 4.82. The first-order valence-corrected chi connectivity index (χ1v) is 7.35. The van der Waals surface area contributed by atoms with Gasteiger partial charge in [-0.1, -0.05) is 0 Å². The zero-order valence-electron chi connectivity index (χ0n) is 10.1. The van der Waals surface area contributed by atoms with Crippen molar-refractivity contribution in [2.45, 2.75) is 13.5 Å². The number of aromatic nitrogens is 3. The van der Waals surface area contributed by atoms with E-state index in [1.54, 1.807) is 23.3 Å². The average Bonchev–Trinajstić information content (AvgIpc) is 2.76. The fraction of sp³-hybridized carbons (Fsp3) is 0.154. The summed E-state index contributed by atoms with van der Waals surface area (Å²) in [5.41, 5.74) is 2.82. The van der Waals surface area contributed by atoms with Crippen molar-refractivity contribution in [3.8, 4) is 0 Å². The molecule has 0 N–H and O–H groups in total. The minimum absolute atomic E-state index is 0.00285. The monoisotopic (exact) mass is 335 g/mol. The highest BCUT2D eigenvalue weighted by Gasteiger charge is 2.08. The minimum atomic E-state index is 0.00285. The maximum Gasteiger partial charge on any atom is 0.271 e. The molecule has 0 aliphatic heterocycles. The van der Waals surface area contributed by atoms with E-state index in [0.717, 1.165) is 21.1 Å². The van der Waals surface area contributed by atoms with Crippen LogP contribution in [-0.4, -0.2) is 14.5 Å². The van der Waals surface area contributed by atoms with Crippen molar-refractivity contribution in [3.05, 3.63) is 56.1 Å². The molecule has 3 aromatic heterocycles. The number of rotatable bonds is 2. The largest absolute Gasteiger partial charge is 0.293 e. The summed E-state index contributed by atoms with van der Waals surface area (Å²) in [6.45, 7) is 2.44. The van der Waals surface area contributed by atoms with Crippen molar-refractivity contribution in [2.75, 3.05) is 0 Å². The van der Waals surface area contributed by atoms with E-state index in [9.17, 15) is 4.79 Å². The summed E-state index contributed by atoms with van der Waals surface area (Å²) in [5.74, 6) is 0. The van der Waals surface area contributed by atoms with E-state index in [4.69, 9.17) is 0 Å². The summed E-state index contributed by atoms with van der Waals surface area (Å²) in [7, 11) is 0. The lowest BCUT2D eigenvalue weighted by Gasteiger charge is -2.05. The molecule has 0 atom stereocenters. The van der Waals surface area contributed by atoms with Crippen molar-refractivity contribution < 1.29 is 0 Å². The highest BCUT2D eigenvalue weighted by Crippen LogP contribution is 2.19. The molecule has 3 aromatic rings. The molecule has 0 amide bonds. The molecule has 3 rings (SSSR count). The molecular weight excluding hydrogens is 326 g/mol. The van der Waals surface area contributed by atoms with Crippen molar-refractivity contribution in [2.24, 2.45) is 0 Å². The van der Waals surface area contributed by atoms with E-state index in [2.05, 4.69) is 25.9 Å². The lowest BCUT2D eigenvalue weighted by Crippen LogP contribution is -2.20. The second-order valence-corrected chi connectivity index (χ2v) is 6.08. The zero-order valence-corrected chi connectivity index (χ0v) is 12.5. The van der Waals surface area contributed by atoms with Crippen LogP contribution in [0.4, 0.5) is 0 Å². The molecule has 0 radical (unpaired) electrons. The number of hydrogen-bond acceptors (Lipinski definition) is 4. The minimum Gasteiger partial charge on any atom is -0.293 e. The molecule has 19 heavy (non-hydrogen) atoms. The summed E-state index contributed by atoms with van der Waals surface area (Å²) < 4.78 is 3.23. The van der Waals surface area contributed by atoms with Gasteiger partial charge < -0.3 is 0 Å². The second kappa shape index (κ2) is 4.86. The van der Waals surface area contributed by atoms with Crippen LogP contribution in [0.15, 0.2) is 39.4 Å². The highest BCUT2D eigenvalue weighted by molar-refractivity contribution is 9.10. The van der Waals surface area contributed by atoms with Crippen LogP contribution in [0.5, 0.6) is 0 Å². The van der Waals surface area contributed by atoms with Crippen LogP contribution in [0, 0.1) is 6.92 Å². The van der Waals surface area contributed by atoms with Gasteiger partial charge in [-0.05, 0) is 45.4 Å². The Kier molecular flexibility index (Phi) is 3.20. The van der Waals surface area contributed by atoms with Gasteiger partial charge in [0.1, 0.15) is 4.70 Å². The Labute approximate surface area is 121 Å². The van der Waals surface area contributed by atoms with Crippen LogP contribution < -0.4 is 5.56 Å². The molecular formula is C13H10BrN3OS. The van der Waals surface area contributed by atoms with Crippen LogP contribution in [-0.2, 0) is 6.54 Å². The Balaban J connectivity index is 2.06. The smallest absolute Gasteiger partial charge is 0.271 e. The van der Waals surface area contributed by atoms with Gasteiger partial charge in [0.15, 0.2) is 0 Å². The van der Waals surface area contributed by atoms with Crippen LogP contribution in [0.1, 0.15) is 11.1 Å². The molecule has 96 valence electrons. The molecule has 0 unspecified atom stereocenters. The van der Waals surface area contributed by atoms with Gasteiger partial charge in [-0.25, -0.2) is 4.98 Å². The lowest BCUT2D eigenvalue weighted by atomic mass is 10.3. The van der Waals surface area contributed by atoms with E-state index in [1.165, 1.54) is 11.3 Å². The molecule has 6 heteroatoms. The Bertz CT molecular complexity index is 809. The SMILES string of the molecule is Cc1csc2c(=O)n(Cc3cncc(Br)c3)cnc12. The third kappa shape index (κ3) is 2.33. The van der Waals surface area contributed by atoms with Crippen molar-refractivity contribution in [1.29, 1.82) is 0 Å². The van der Waals surface area contributed by atoms with E-state index < -0.39 is 0 Å². The zero-order chi connectivity index (χ0) is 13.4. The van der Waals surface area contributed by atoms with Gasteiger partial charge >= 0.3 is 0 Å². The first kappa shape index (κ1) is 12.5. The number of halogens is 1. The molecule has 0 spiro atoms. The van der Waals surface area contributed by atoms with Gasteiger partial charge in [-0.15, -0.1) is 11.3 Å². The fourth-order valence-electron chi connectivity index (χ4n) is 1.91. The van der Waals surface area contributed by atoms with Crippen LogP contribution in [0.3, 0.4) is 0 Å². The Morgan fingerprint density at radius 1 is 1.42 bits per heavy atom. The average molecular weight is 336 g/mol. The standard InChI is InChI=1S/C13H10BrN3OS/c1-8-6-19-12-11(8)16-7-17(13(12)18)5-9-2-10(14)4-15-3-9/h2-4,6-7H,5H2,1H3. The third-order valence-corrected chi connectivity index (χ3v) is 4.35. The van der Waals surface area contributed by atoms with Crippen LogP contribution >= 0.6 is 27.3 Å². The van der Waals surface area contributed by atoms with Gasteiger partial charge in [-0.2, -0.15) is 0 Å². The fourth-order valence-corrected chi connectivity index (χ4v) is 3.27. The highest BCUT2D eigenvalue weighted by atomic mass is 79.9. The van der Waals surface area contributed by atoms with Gasteiger partial charge in [0.05, 0.1) is 18.4 Å². The molecule has 0 aliphatic carbocycles. The molecule has 4 nitrogen and oxygen atoms in total. The second-order valence-electron chi connectivity index (χ2n) is 4.29. The first-order chi connectivity index (χ1) is 9.15. The number of hydrogen-bond donors (Lipinski definition) is 0. The maximum absolute atomic E-state index is 12.3. The van der Waals surface area contributed by atoms with Crippen molar-refractivity contribution >= 4 is 37.5 Å². The topological polar surface area (TPSA) is 47.8 Å². The normalized spacial score (nSPS) is 11.1. The molecule has 3 heterocycles. The van der Waals surface area contributed by atoms with Gasteiger partial charge in [-0.3, -0.25) is 14.3 Å². The summed E-state index contributed by atoms with van der Waals surface area (Å²) in [6, 6.07) is 1.95. The number of thiophene rings is 1. The Hall–Kier alpha value is -1.53. The lowest BCUT2D eigenvalue weighted by molar-refractivity contribution is 0.746. The molecule has 0 saturated heterocycles. The summed E-state index contributed by atoms with van der Waals surface area (Å²) in [6.07, 6.45) is 5.07. The summed E-state index contributed by atoms with van der Waals surface area (Å²) in [5, 5.41) is 1.96. The van der Waals surface area contributed by atoms with Crippen molar-refractivity contribution in [3.63, 3.8) is 0 Å². The van der Waals surface area contributed by atoms with Gasteiger partial charge in [0, 0.05) is 16.9 Å². The van der Waals surface area contributed by atoms with E-state index in [0.29, 0.717) is 11.2 Å². The molecule has 0 aromatic carbocycles. The van der Waals surface area contributed by atoms with E-state index in [1.807, 2.05) is 18.4 Å².